The zero-order chi connectivity index (χ0) is 15.0. The first-order valence-electron chi connectivity index (χ1n) is 6.61. The molecule has 108 valence electrons. The van der Waals surface area contributed by atoms with Crippen LogP contribution < -0.4 is 0 Å². The highest BCUT2D eigenvalue weighted by Crippen LogP contribution is 2.40. The van der Waals surface area contributed by atoms with Crippen molar-refractivity contribution in [3.05, 3.63) is 42.1 Å². The van der Waals surface area contributed by atoms with Crippen LogP contribution in [0.15, 0.2) is 36.5 Å². The highest BCUT2D eigenvalue weighted by molar-refractivity contribution is 5.78. The Bertz CT molecular complexity index is 605. The number of para-hydroxylation sites is 1. The number of alkyl halides is 2. The van der Waals surface area contributed by atoms with Crippen LogP contribution in [0.4, 0.5) is 8.78 Å². The fourth-order valence-corrected chi connectivity index (χ4v) is 1.78. The highest BCUT2D eigenvalue weighted by Gasteiger charge is 2.45. The van der Waals surface area contributed by atoms with Crippen LogP contribution in [-0.4, -0.2) is 11.1 Å². The van der Waals surface area contributed by atoms with Crippen LogP contribution >= 0.6 is 0 Å². The monoisotopic (exact) mass is 279 g/mol. The molecular formula is C16H19F2NO. The number of pyridine rings is 1. The van der Waals surface area contributed by atoms with Gasteiger partial charge in [0, 0.05) is 11.6 Å². The maximum Gasteiger partial charge on any atom is 0.361 e. The molecule has 1 unspecified atom stereocenters. The predicted molar refractivity (Wildman–Crippen MR) is 75.6 cm³/mol. The third-order valence-electron chi connectivity index (χ3n) is 3.28. The summed E-state index contributed by atoms with van der Waals surface area (Å²) in [6, 6.07) is 9.41. The molecule has 2 nitrogen and oxygen atoms in total. The third kappa shape index (κ3) is 2.96. The van der Waals surface area contributed by atoms with Crippen LogP contribution in [0.2, 0.25) is 0 Å². The average molecular weight is 279 g/mol. The summed E-state index contributed by atoms with van der Waals surface area (Å²) in [7, 11) is 0. The molecule has 0 bridgehead atoms. The molecule has 0 spiro atoms. The summed E-state index contributed by atoms with van der Waals surface area (Å²) in [5, 5.41) is 0.916. The molecule has 0 saturated carbocycles. The Hall–Kier alpha value is -1.55. The second-order valence-corrected chi connectivity index (χ2v) is 5.99. The van der Waals surface area contributed by atoms with Crippen molar-refractivity contribution in [3.8, 4) is 0 Å². The first-order chi connectivity index (χ1) is 9.21. The number of nitrogens with zero attached hydrogens (tertiary/aromatic N) is 1. The van der Waals surface area contributed by atoms with Crippen molar-refractivity contribution in [3.63, 3.8) is 0 Å². The summed E-state index contributed by atoms with van der Waals surface area (Å²) in [5.74, 6) is 0. The van der Waals surface area contributed by atoms with Gasteiger partial charge >= 0.3 is 6.11 Å². The van der Waals surface area contributed by atoms with E-state index < -0.39 is 17.6 Å². The number of benzene rings is 1. The van der Waals surface area contributed by atoms with Gasteiger partial charge in [0.2, 0.25) is 0 Å². The second kappa shape index (κ2) is 5.09. The fourth-order valence-electron chi connectivity index (χ4n) is 1.78. The van der Waals surface area contributed by atoms with Gasteiger partial charge < -0.3 is 4.74 Å². The Balaban J connectivity index is 2.25. The number of hydrogen-bond donors (Lipinski definition) is 0. The molecule has 20 heavy (non-hydrogen) atoms. The first kappa shape index (κ1) is 14.9. The van der Waals surface area contributed by atoms with E-state index in [-0.39, 0.29) is 0 Å². The molecule has 2 aromatic rings. The number of rotatable bonds is 3. The maximum atomic E-state index is 13.9. The van der Waals surface area contributed by atoms with Gasteiger partial charge in [-0.3, -0.25) is 4.98 Å². The van der Waals surface area contributed by atoms with E-state index in [9.17, 15) is 8.78 Å². The molecule has 0 N–H and O–H groups in total. The molecular weight excluding hydrogens is 260 g/mol. The van der Waals surface area contributed by atoms with Gasteiger partial charge in [-0.05, 0) is 24.6 Å². The topological polar surface area (TPSA) is 22.1 Å². The van der Waals surface area contributed by atoms with Gasteiger partial charge in [-0.1, -0.05) is 39.0 Å². The molecule has 1 aromatic carbocycles. The van der Waals surface area contributed by atoms with Crippen LogP contribution in [-0.2, 0) is 4.74 Å². The lowest BCUT2D eigenvalue weighted by Gasteiger charge is -2.32. The Morgan fingerprint density at radius 1 is 1.15 bits per heavy atom. The Morgan fingerprint density at radius 3 is 2.45 bits per heavy atom. The van der Waals surface area contributed by atoms with Gasteiger partial charge in [0.1, 0.15) is 0 Å². The van der Waals surface area contributed by atoms with E-state index in [1.165, 1.54) is 20.8 Å². The summed E-state index contributed by atoms with van der Waals surface area (Å²) < 4.78 is 32.8. The third-order valence-corrected chi connectivity index (χ3v) is 3.28. The van der Waals surface area contributed by atoms with Crippen molar-refractivity contribution in [2.45, 2.75) is 39.9 Å². The van der Waals surface area contributed by atoms with Gasteiger partial charge in [0.05, 0.1) is 17.0 Å². The van der Waals surface area contributed by atoms with Crippen molar-refractivity contribution in [1.29, 1.82) is 0 Å². The van der Waals surface area contributed by atoms with Gasteiger partial charge in [-0.25, -0.2) is 0 Å². The Labute approximate surface area is 117 Å². The minimum absolute atomic E-state index is 0.646. The standard InChI is InChI=1S/C16H19F2NO/c1-11(20-16(17,18)15(2,3)4)13-9-12-7-5-6-8-14(12)19-10-13/h5-11H,1-4H3. The summed E-state index contributed by atoms with van der Waals surface area (Å²) in [6.45, 7) is 5.99. The van der Waals surface area contributed by atoms with Crippen molar-refractivity contribution in [2.75, 3.05) is 0 Å². The number of hydrogen-bond acceptors (Lipinski definition) is 2. The van der Waals surface area contributed by atoms with Crippen LogP contribution in [0.3, 0.4) is 0 Å². The minimum Gasteiger partial charge on any atom is -0.312 e. The van der Waals surface area contributed by atoms with E-state index in [2.05, 4.69) is 4.98 Å². The summed E-state index contributed by atoms with van der Waals surface area (Å²) in [5.41, 5.74) is 0.240. The molecule has 4 heteroatoms. The Morgan fingerprint density at radius 2 is 1.80 bits per heavy atom. The number of fused-ring (bicyclic) bond motifs is 1. The summed E-state index contributed by atoms with van der Waals surface area (Å²) in [6.07, 6.45) is -2.33. The maximum absolute atomic E-state index is 13.9. The van der Waals surface area contributed by atoms with E-state index in [1.807, 2.05) is 30.3 Å². The lowest BCUT2D eigenvalue weighted by Crippen LogP contribution is -2.37. The van der Waals surface area contributed by atoms with E-state index in [0.717, 1.165) is 10.9 Å². The fraction of sp³-hybridized carbons (Fsp3) is 0.438. The van der Waals surface area contributed by atoms with Gasteiger partial charge in [0.15, 0.2) is 0 Å². The van der Waals surface area contributed by atoms with Crippen molar-refractivity contribution >= 4 is 10.9 Å². The first-order valence-corrected chi connectivity index (χ1v) is 6.61. The molecule has 0 fully saturated rings. The molecule has 0 saturated heterocycles. The molecule has 0 aliphatic heterocycles. The molecule has 0 radical (unpaired) electrons. The predicted octanol–water partition coefficient (Wildman–Crippen LogP) is 4.95. The zero-order valence-corrected chi connectivity index (χ0v) is 12.2. The van der Waals surface area contributed by atoms with E-state index in [1.54, 1.807) is 13.1 Å². The molecule has 1 aromatic heterocycles. The van der Waals surface area contributed by atoms with E-state index >= 15 is 0 Å². The molecule has 2 rings (SSSR count). The van der Waals surface area contributed by atoms with Crippen LogP contribution in [0.25, 0.3) is 10.9 Å². The lowest BCUT2D eigenvalue weighted by molar-refractivity contribution is -0.313. The normalized spacial score (nSPS) is 14.5. The molecule has 0 amide bonds. The summed E-state index contributed by atoms with van der Waals surface area (Å²) in [4.78, 5) is 4.27. The average Bonchev–Trinajstić information content (AvgIpc) is 2.36. The van der Waals surface area contributed by atoms with Crippen molar-refractivity contribution < 1.29 is 13.5 Å². The summed E-state index contributed by atoms with van der Waals surface area (Å²) >= 11 is 0. The quantitative estimate of drug-likeness (QED) is 0.793. The van der Waals surface area contributed by atoms with Crippen LogP contribution in [0.5, 0.6) is 0 Å². The van der Waals surface area contributed by atoms with Crippen molar-refractivity contribution in [2.24, 2.45) is 5.41 Å². The molecule has 1 atom stereocenters. The second-order valence-electron chi connectivity index (χ2n) is 5.99. The zero-order valence-electron chi connectivity index (χ0n) is 12.2. The number of aromatic nitrogens is 1. The smallest absolute Gasteiger partial charge is 0.312 e. The van der Waals surface area contributed by atoms with Gasteiger partial charge in [-0.2, -0.15) is 8.78 Å². The largest absolute Gasteiger partial charge is 0.361 e. The molecule has 0 aliphatic rings. The van der Waals surface area contributed by atoms with Crippen LogP contribution in [0, 0.1) is 5.41 Å². The molecule has 0 aliphatic carbocycles. The number of ether oxygens (including phenoxy) is 1. The van der Waals surface area contributed by atoms with Crippen molar-refractivity contribution in [1.82, 2.24) is 4.98 Å². The lowest BCUT2D eigenvalue weighted by atomic mass is 9.95. The van der Waals surface area contributed by atoms with Gasteiger partial charge in [-0.15, -0.1) is 0 Å². The van der Waals surface area contributed by atoms with E-state index in [0.29, 0.717) is 5.56 Å². The SMILES string of the molecule is CC(OC(F)(F)C(C)(C)C)c1cnc2ccccc2c1. The Kier molecular flexibility index (Phi) is 3.78. The van der Waals surface area contributed by atoms with Crippen LogP contribution in [0.1, 0.15) is 39.4 Å². The highest BCUT2D eigenvalue weighted by atomic mass is 19.3. The van der Waals surface area contributed by atoms with Gasteiger partial charge in [0.25, 0.3) is 0 Å². The number of halogens is 2. The minimum atomic E-state index is -3.20. The molecule has 1 heterocycles. The van der Waals surface area contributed by atoms with E-state index in [4.69, 9.17) is 4.74 Å².